The van der Waals surface area contributed by atoms with Crippen LogP contribution in [0.5, 0.6) is 0 Å². The predicted octanol–water partition coefficient (Wildman–Crippen LogP) is 3.55. The van der Waals surface area contributed by atoms with E-state index in [0.717, 1.165) is 19.9 Å². The van der Waals surface area contributed by atoms with Gasteiger partial charge in [0, 0.05) is 17.3 Å². The SMILES string of the molecule is Cc1ncsc1CN(C)C(=O)c1csc(Br)c1. The summed E-state index contributed by atoms with van der Waals surface area (Å²) in [7, 11) is 1.81. The molecule has 2 aromatic rings. The van der Waals surface area contributed by atoms with Crippen LogP contribution in [0.4, 0.5) is 0 Å². The minimum Gasteiger partial charge on any atom is -0.336 e. The highest BCUT2D eigenvalue weighted by atomic mass is 79.9. The van der Waals surface area contributed by atoms with E-state index in [1.54, 1.807) is 16.2 Å². The number of thiazole rings is 1. The van der Waals surface area contributed by atoms with Crippen molar-refractivity contribution in [3.8, 4) is 0 Å². The number of halogens is 1. The smallest absolute Gasteiger partial charge is 0.254 e. The van der Waals surface area contributed by atoms with E-state index in [-0.39, 0.29) is 5.91 Å². The Labute approximate surface area is 116 Å². The van der Waals surface area contributed by atoms with Gasteiger partial charge in [-0.2, -0.15) is 0 Å². The van der Waals surface area contributed by atoms with E-state index in [4.69, 9.17) is 0 Å². The van der Waals surface area contributed by atoms with Gasteiger partial charge in [0.25, 0.3) is 5.91 Å². The van der Waals surface area contributed by atoms with E-state index in [0.29, 0.717) is 6.54 Å². The van der Waals surface area contributed by atoms with Crippen LogP contribution in [-0.2, 0) is 6.54 Å². The monoisotopic (exact) mass is 330 g/mol. The van der Waals surface area contributed by atoms with Crippen molar-refractivity contribution < 1.29 is 4.79 Å². The lowest BCUT2D eigenvalue weighted by Gasteiger charge is -2.15. The summed E-state index contributed by atoms with van der Waals surface area (Å²) in [5.41, 5.74) is 3.54. The lowest BCUT2D eigenvalue weighted by atomic mass is 10.3. The van der Waals surface area contributed by atoms with Gasteiger partial charge in [-0.3, -0.25) is 4.79 Å². The van der Waals surface area contributed by atoms with Crippen molar-refractivity contribution in [2.45, 2.75) is 13.5 Å². The second-order valence-electron chi connectivity index (χ2n) is 3.66. The first-order valence-electron chi connectivity index (χ1n) is 4.96. The van der Waals surface area contributed by atoms with Gasteiger partial charge in [-0.25, -0.2) is 4.98 Å². The lowest BCUT2D eigenvalue weighted by Crippen LogP contribution is -2.25. The van der Waals surface area contributed by atoms with Gasteiger partial charge in [-0.15, -0.1) is 22.7 Å². The minimum absolute atomic E-state index is 0.0414. The second-order valence-corrected chi connectivity index (χ2v) is 6.89. The molecule has 0 aliphatic rings. The molecule has 0 saturated heterocycles. The number of amides is 1. The Hall–Kier alpha value is -0.720. The molecule has 0 atom stereocenters. The Kier molecular flexibility index (Phi) is 3.96. The molecule has 3 nitrogen and oxygen atoms in total. The third-order valence-corrected chi connectivity index (χ3v) is 4.81. The first-order chi connectivity index (χ1) is 8.08. The van der Waals surface area contributed by atoms with Crippen LogP contribution in [0.1, 0.15) is 20.9 Å². The van der Waals surface area contributed by atoms with Crippen LogP contribution in [0.2, 0.25) is 0 Å². The summed E-state index contributed by atoms with van der Waals surface area (Å²) in [6, 6.07) is 1.85. The molecule has 0 radical (unpaired) electrons. The number of nitrogens with zero attached hydrogens (tertiary/aromatic N) is 2. The fourth-order valence-electron chi connectivity index (χ4n) is 1.41. The average molecular weight is 331 g/mol. The molecule has 0 aliphatic carbocycles. The molecule has 0 aliphatic heterocycles. The summed E-state index contributed by atoms with van der Waals surface area (Å²) in [6.07, 6.45) is 0. The minimum atomic E-state index is 0.0414. The zero-order valence-corrected chi connectivity index (χ0v) is 12.7. The summed E-state index contributed by atoms with van der Waals surface area (Å²) in [5, 5.41) is 1.86. The van der Waals surface area contributed by atoms with Crippen molar-refractivity contribution in [3.63, 3.8) is 0 Å². The van der Waals surface area contributed by atoms with E-state index in [2.05, 4.69) is 20.9 Å². The first kappa shape index (κ1) is 12.7. The summed E-state index contributed by atoms with van der Waals surface area (Å²) in [6.45, 7) is 2.58. The summed E-state index contributed by atoms with van der Waals surface area (Å²) in [5.74, 6) is 0.0414. The zero-order chi connectivity index (χ0) is 12.4. The largest absolute Gasteiger partial charge is 0.336 e. The molecule has 1 amide bonds. The average Bonchev–Trinajstić information content (AvgIpc) is 2.88. The normalized spacial score (nSPS) is 10.5. The molecule has 2 rings (SSSR count). The third-order valence-electron chi connectivity index (χ3n) is 2.39. The zero-order valence-electron chi connectivity index (χ0n) is 9.44. The Balaban J connectivity index is 2.08. The molecule has 17 heavy (non-hydrogen) atoms. The first-order valence-corrected chi connectivity index (χ1v) is 7.51. The lowest BCUT2D eigenvalue weighted by molar-refractivity contribution is 0.0787. The number of aromatic nitrogens is 1. The molecule has 0 aromatic carbocycles. The highest BCUT2D eigenvalue weighted by molar-refractivity contribution is 9.11. The van der Waals surface area contributed by atoms with E-state index >= 15 is 0 Å². The van der Waals surface area contributed by atoms with Crippen LogP contribution in [0.3, 0.4) is 0 Å². The van der Waals surface area contributed by atoms with Crippen LogP contribution in [0, 0.1) is 6.92 Å². The maximum Gasteiger partial charge on any atom is 0.254 e. The second kappa shape index (κ2) is 5.29. The van der Waals surface area contributed by atoms with Gasteiger partial charge in [0.2, 0.25) is 0 Å². The highest BCUT2D eigenvalue weighted by Crippen LogP contribution is 2.22. The maximum absolute atomic E-state index is 12.1. The molecule has 2 heterocycles. The van der Waals surface area contributed by atoms with Crippen molar-refractivity contribution in [1.82, 2.24) is 9.88 Å². The Morgan fingerprint density at radius 1 is 1.53 bits per heavy atom. The van der Waals surface area contributed by atoms with Crippen LogP contribution in [0.15, 0.2) is 20.7 Å². The van der Waals surface area contributed by atoms with Crippen LogP contribution >= 0.6 is 38.6 Å². The van der Waals surface area contributed by atoms with Crippen molar-refractivity contribution in [2.24, 2.45) is 0 Å². The quantitative estimate of drug-likeness (QED) is 0.862. The van der Waals surface area contributed by atoms with E-state index < -0.39 is 0 Å². The summed E-state index contributed by atoms with van der Waals surface area (Å²) < 4.78 is 0.975. The topological polar surface area (TPSA) is 33.2 Å². The molecule has 0 unspecified atom stereocenters. The number of carbonyl (C=O) groups excluding carboxylic acids is 1. The van der Waals surface area contributed by atoms with E-state index in [1.807, 2.05) is 30.9 Å². The molecule has 90 valence electrons. The molecule has 6 heteroatoms. The van der Waals surface area contributed by atoms with Gasteiger partial charge in [-0.1, -0.05) is 0 Å². The fraction of sp³-hybridized carbons (Fsp3) is 0.273. The fourth-order valence-corrected chi connectivity index (χ4v) is 3.37. The standard InChI is InChI=1S/C11H11BrN2OS2/c1-7-9(17-6-13-7)4-14(2)11(15)8-3-10(12)16-5-8/h3,5-6H,4H2,1-2H3. The molecule has 0 bridgehead atoms. The van der Waals surface area contributed by atoms with Crippen LogP contribution in [0.25, 0.3) is 0 Å². The number of rotatable bonds is 3. The van der Waals surface area contributed by atoms with E-state index in [1.165, 1.54) is 11.3 Å². The van der Waals surface area contributed by atoms with Crippen molar-refractivity contribution in [2.75, 3.05) is 7.05 Å². The molecule has 0 saturated carbocycles. The van der Waals surface area contributed by atoms with Gasteiger partial charge in [0.1, 0.15) is 0 Å². The number of carbonyl (C=O) groups is 1. The van der Waals surface area contributed by atoms with Crippen molar-refractivity contribution in [3.05, 3.63) is 36.9 Å². The Morgan fingerprint density at radius 2 is 2.29 bits per heavy atom. The van der Waals surface area contributed by atoms with Gasteiger partial charge in [0.15, 0.2) is 0 Å². The van der Waals surface area contributed by atoms with Crippen LogP contribution in [-0.4, -0.2) is 22.8 Å². The molecule has 0 N–H and O–H groups in total. The van der Waals surface area contributed by atoms with E-state index in [9.17, 15) is 4.79 Å². The van der Waals surface area contributed by atoms with Gasteiger partial charge >= 0.3 is 0 Å². The summed E-state index contributed by atoms with van der Waals surface area (Å²) >= 11 is 6.47. The number of hydrogen-bond acceptors (Lipinski definition) is 4. The van der Waals surface area contributed by atoms with Crippen LogP contribution < -0.4 is 0 Å². The number of thiophene rings is 1. The van der Waals surface area contributed by atoms with Gasteiger partial charge < -0.3 is 4.90 Å². The third kappa shape index (κ3) is 2.94. The number of hydrogen-bond donors (Lipinski definition) is 0. The number of aryl methyl sites for hydroxylation is 1. The van der Waals surface area contributed by atoms with Gasteiger partial charge in [-0.05, 0) is 28.9 Å². The van der Waals surface area contributed by atoms with Crippen molar-refractivity contribution >= 4 is 44.5 Å². The molecule has 0 fully saturated rings. The summed E-state index contributed by atoms with van der Waals surface area (Å²) in [4.78, 5) is 19.1. The Bertz CT molecular complexity index is 535. The van der Waals surface area contributed by atoms with Gasteiger partial charge in [0.05, 0.1) is 27.1 Å². The van der Waals surface area contributed by atoms with Crippen molar-refractivity contribution in [1.29, 1.82) is 0 Å². The molecule has 0 spiro atoms. The molecular weight excluding hydrogens is 320 g/mol. The molecule has 2 aromatic heterocycles. The maximum atomic E-state index is 12.1. The Morgan fingerprint density at radius 3 is 2.82 bits per heavy atom. The predicted molar refractivity (Wildman–Crippen MR) is 74.7 cm³/mol. The molecular formula is C11H11BrN2OS2. The highest BCUT2D eigenvalue weighted by Gasteiger charge is 2.15.